The number of hydrogen-bond donors (Lipinski definition) is 2. The minimum Gasteiger partial charge on any atom is -0.355 e. The van der Waals surface area contributed by atoms with E-state index in [4.69, 9.17) is 0 Å². The molecule has 0 bridgehead atoms. The summed E-state index contributed by atoms with van der Waals surface area (Å²) in [5.74, 6) is 0.847. The number of carbonyl (C=O) groups excluding carboxylic acids is 2. The van der Waals surface area contributed by atoms with E-state index in [2.05, 4.69) is 62.6 Å². The van der Waals surface area contributed by atoms with E-state index in [1.807, 2.05) is 20.8 Å². The van der Waals surface area contributed by atoms with Crippen LogP contribution in [0.1, 0.15) is 72.1 Å². The molecule has 0 heterocycles. The lowest BCUT2D eigenvalue weighted by molar-refractivity contribution is -0.128. The lowest BCUT2D eigenvalue weighted by Crippen LogP contribution is -2.38. The maximum Gasteiger partial charge on any atom is 0.225 e. The highest BCUT2D eigenvalue weighted by atomic mass is 16.2. The van der Waals surface area contributed by atoms with Crippen molar-refractivity contribution in [1.29, 1.82) is 0 Å². The van der Waals surface area contributed by atoms with E-state index >= 15 is 0 Å². The lowest BCUT2D eigenvalue weighted by Gasteiger charge is -2.24. The van der Waals surface area contributed by atoms with E-state index in [9.17, 15) is 9.59 Å². The van der Waals surface area contributed by atoms with Crippen LogP contribution in [0.4, 0.5) is 0 Å². The fourth-order valence-corrected chi connectivity index (χ4v) is 2.77. The summed E-state index contributed by atoms with van der Waals surface area (Å²) in [6, 6.07) is 8.52. The van der Waals surface area contributed by atoms with Crippen molar-refractivity contribution in [3.8, 4) is 0 Å². The molecule has 0 saturated heterocycles. The zero-order valence-corrected chi connectivity index (χ0v) is 17.5. The molecule has 0 aliphatic heterocycles. The van der Waals surface area contributed by atoms with Gasteiger partial charge < -0.3 is 10.6 Å². The van der Waals surface area contributed by atoms with Crippen LogP contribution in [0.3, 0.4) is 0 Å². The van der Waals surface area contributed by atoms with Gasteiger partial charge in [0, 0.05) is 18.4 Å². The Kier molecular flexibility index (Phi) is 8.32. The van der Waals surface area contributed by atoms with E-state index in [-0.39, 0.29) is 24.3 Å². The van der Waals surface area contributed by atoms with Crippen LogP contribution in [0, 0.1) is 17.3 Å². The number of carbonyl (C=O) groups is 2. The van der Waals surface area contributed by atoms with Crippen LogP contribution >= 0.6 is 0 Å². The highest BCUT2D eigenvalue weighted by molar-refractivity contribution is 5.82. The minimum atomic E-state index is -0.436. The summed E-state index contributed by atoms with van der Waals surface area (Å²) in [5.41, 5.74) is 2.01. The van der Waals surface area contributed by atoms with Gasteiger partial charge in [-0.05, 0) is 29.4 Å². The molecule has 26 heavy (non-hydrogen) atoms. The molecule has 4 nitrogen and oxygen atoms in total. The first kappa shape index (κ1) is 22.2. The molecule has 4 heteroatoms. The third-order valence-electron chi connectivity index (χ3n) is 4.28. The van der Waals surface area contributed by atoms with Gasteiger partial charge in [-0.1, -0.05) is 72.7 Å². The monoisotopic (exact) mass is 360 g/mol. The molecule has 1 rings (SSSR count). The Morgan fingerprint density at radius 3 is 2.04 bits per heavy atom. The van der Waals surface area contributed by atoms with Gasteiger partial charge in [-0.15, -0.1) is 0 Å². The maximum atomic E-state index is 12.3. The summed E-state index contributed by atoms with van der Waals surface area (Å²) in [5, 5.41) is 5.94. The van der Waals surface area contributed by atoms with Crippen molar-refractivity contribution >= 4 is 11.8 Å². The molecule has 0 aliphatic rings. The molecule has 0 aliphatic carbocycles. The van der Waals surface area contributed by atoms with E-state index in [0.717, 1.165) is 12.0 Å². The first-order valence-corrected chi connectivity index (χ1v) is 9.67. The highest BCUT2D eigenvalue weighted by Crippen LogP contribution is 2.23. The second kappa shape index (κ2) is 9.75. The van der Waals surface area contributed by atoms with Crippen LogP contribution in [-0.4, -0.2) is 18.4 Å². The number of hydrogen-bond acceptors (Lipinski definition) is 2. The van der Waals surface area contributed by atoms with Gasteiger partial charge in [0.15, 0.2) is 0 Å². The van der Waals surface area contributed by atoms with Gasteiger partial charge in [-0.2, -0.15) is 0 Å². The summed E-state index contributed by atoms with van der Waals surface area (Å²) >= 11 is 0. The fraction of sp³-hybridized carbons (Fsp3) is 0.636. The van der Waals surface area contributed by atoms with Crippen molar-refractivity contribution in [1.82, 2.24) is 10.6 Å². The molecular weight excluding hydrogens is 324 g/mol. The summed E-state index contributed by atoms with van der Waals surface area (Å²) < 4.78 is 0. The van der Waals surface area contributed by atoms with Crippen molar-refractivity contribution in [2.75, 3.05) is 6.54 Å². The first-order chi connectivity index (χ1) is 12.0. The smallest absolute Gasteiger partial charge is 0.225 e. The number of nitrogens with one attached hydrogen (secondary N) is 2. The van der Waals surface area contributed by atoms with Gasteiger partial charge in [-0.3, -0.25) is 9.59 Å². The Bertz CT molecular complexity index is 583. The molecule has 2 N–H and O–H groups in total. The zero-order valence-electron chi connectivity index (χ0n) is 17.5. The van der Waals surface area contributed by atoms with Crippen molar-refractivity contribution in [2.45, 2.75) is 67.3 Å². The SMILES string of the molecule is CC(C)Cc1ccc(C(NC(=O)CCNC(=O)C(C)(C)C)C(C)C)cc1. The number of amides is 2. The highest BCUT2D eigenvalue weighted by Gasteiger charge is 2.22. The number of benzene rings is 1. The zero-order chi connectivity index (χ0) is 19.9. The van der Waals surface area contributed by atoms with E-state index in [0.29, 0.717) is 18.4 Å². The Balaban J connectivity index is 2.62. The molecule has 0 radical (unpaired) electrons. The average Bonchev–Trinajstić information content (AvgIpc) is 2.51. The molecule has 1 atom stereocenters. The third kappa shape index (κ3) is 7.59. The summed E-state index contributed by atoms with van der Waals surface area (Å²) in [6.07, 6.45) is 1.35. The van der Waals surface area contributed by atoms with Crippen LogP contribution in [0.15, 0.2) is 24.3 Å². The largest absolute Gasteiger partial charge is 0.355 e. The summed E-state index contributed by atoms with van der Waals surface area (Å²) in [7, 11) is 0. The van der Waals surface area contributed by atoms with Crippen LogP contribution < -0.4 is 10.6 Å². The molecule has 1 aromatic rings. The van der Waals surface area contributed by atoms with E-state index in [1.54, 1.807) is 0 Å². The van der Waals surface area contributed by atoms with Crippen LogP contribution in [0.2, 0.25) is 0 Å². The van der Waals surface area contributed by atoms with E-state index < -0.39 is 5.41 Å². The Morgan fingerprint density at radius 2 is 1.58 bits per heavy atom. The Hall–Kier alpha value is -1.84. The fourth-order valence-electron chi connectivity index (χ4n) is 2.77. The summed E-state index contributed by atoms with van der Waals surface area (Å²) in [4.78, 5) is 24.2. The minimum absolute atomic E-state index is 0.0195. The lowest BCUT2D eigenvalue weighted by atomic mass is 9.93. The predicted octanol–water partition coefficient (Wildman–Crippen LogP) is 4.25. The second-order valence-electron chi connectivity index (χ2n) is 8.88. The summed E-state index contributed by atoms with van der Waals surface area (Å²) in [6.45, 7) is 14.6. The molecule has 1 unspecified atom stereocenters. The standard InChI is InChI=1S/C22H36N2O2/c1-15(2)14-17-8-10-18(11-9-17)20(16(3)4)24-19(25)12-13-23-21(26)22(5,6)7/h8-11,15-16,20H,12-14H2,1-7H3,(H,23,26)(H,24,25). The molecule has 146 valence electrons. The predicted molar refractivity (Wildman–Crippen MR) is 108 cm³/mol. The number of rotatable bonds is 8. The van der Waals surface area contributed by atoms with Crippen LogP contribution in [0.25, 0.3) is 0 Å². The molecule has 0 aromatic heterocycles. The van der Waals surface area contributed by atoms with Crippen LogP contribution in [-0.2, 0) is 16.0 Å². The molecule has 2 amide bonds. The molecule has 1 aromatic carbocycles. The topological polar surface area (TPSA) is 58.2 Å². The Morgan fingerprint density at radius 1 is 1.00 bits per heavy atom. The normalized spacial score (nSPS) is 13.0. The van der Waals surface area contributed by atoms with Crippen molar-refractivity contribution in [3.05, 3.63) is 35.4 Å². The quantitative estimate of drug-likeness (QED) is 0.728. The third-order valence-corrected chi connectivity index (χ3v) is 4.28. The second-order valence-corrected chi connectivity index (χ2v) is 8.88. The maximum absolute atomic E-state index is 12.3. The van der Waals surface area contributed by atoms with Gasteiger partial charge in [-0.25, -0.2) is 0 Å². The molecular formula is C22H36N2O2. The van der Waals surface area contributed by atoms with Gasteiger partial charge >= 0.3 is 0 Å². The van der Waals surface area contributed by atoms with Crippen molar-refractivity contribution < 1.29 is 9.59 Å². The Labute approximate surface area is 159 Å². The molecule has 0 saturated carbocycles. The van der Waals surface area contributed by atoms with E-state index in [1.165, 1.54) is 5.56 Å². The average molecular weight is 361 g/mol. The van der Waals surface area contributed by atoms with Gasteiger partial charge in [0.05, 0.1) is 6.04 Å². The van der Waals surface area contributed by atoms with Gasteiger partial charge in [0.25, 0.3) is 0 Å². The van der Waals surface area contributed by atoms with Gasteiger partial charge in [0.1, 0.15) is 0 Å². The van der Waals surface area contributed by atoms with Crippen LogP contribution in [0.5, 0.6) is 0 Å². The molecule has 0 spiro atoms. The first-order valence-electron chi connectivity index (χ1n) is 9.67. The molecule has 0 fully saturated rings. The van der Waals surface area contributed by atoms with Gasteiger partial charge in [0.2, 0.25) is 11.8 Å². The van der Waals surface area contributed by atoms with Crippen molar-refractivity contribution in [2.24, 2.45) is 17.3 Å². The van der Waals surface area contributed by atoms with Crippen molar-refractivity contribution in [3.63, 3.8) is 0 Å².